The summed E-state index contributed by atoms with van der Waals surface area (Å²) in [6.07, 6.45) is -0.847. The van der Waals surface area contributed by atoms with Crippen molar-refractivity contribution in [1.82, 2.24) is 24.8 Å². The van der Waals surface area contributed by atoms with Crippen molar-refractivity contribution >= 4 is 22.9 Å². The normalized spacial score (nSPS) is 31.4. The summed E-state index contributed by atoms with van der Waals surface area (Å²) in [5.41, 5.74) is 5.47. The van der Waals surface area contributed by atoms with E-state index in [1.54, 1.807) is 6.92 Å². The maximum atomic E-state index is 12.2. The second-order valence-corrected chi connectivity index (χ2v) is 9.44. The van der Waals surface area contributed by atoms with Gasteiger partial charge in [0.15, 0.2) is 23.8 Å². The first-order valence-electron chi connectivity index (χ1n) is 11.7. The summed E-state index contributed by atoms with van der Waals surface area (Å²) >= 11 is 0. The van der Waals surface area contributed by atoms with E-state index in [0.717, 1.165) is 12.8 Å². The molecule has 1 saturated carbocycles. The molecule has 3 heterocycles. The third kappa shape index (κ3) is 4.59. The molecule has 0 radical (unpaired) electrons. The molecule has 4 atom stereocenters. The molecule has 1 aliphatic heterocycles. The van der Waals surface area contributed by atoms with Gasteiger partial charge in [0.2, 0.25) is 5.82 Å². The Balaban J connectivity index is 1.60. The summed E-state index contributed by atoms with van der Waals surface area (Å²) < 4.78 is 7.06. The number of ether oxygens (including phenoxy) is 1. The third-order valence-corrected chi connectivity index (χ3v) is 6.78. The summed E-state index contributed by atoms with van der Waals surface area (Å²) in [4.78, 5) is 25.0. The largest absolute Gasteiger partial charge is 0.387 e. The summed E-state index contributed by atoms with van der Waals surface area (Å²) in [5.74, 6) is 6.57. The van der Waals surface area contributed by atoms with Crippen LogP contribution in [0, 0.1) is 23.7 Å². The fraction of sp³-hybridized carbons (Fsp3) is 0.652. The van der Waals surface area contributed by atoms with Gasteiger partial charge >= 0.3 is 0 Å². The van der Waals surface area contributed by atoms with Crippen LogP contribution in [0.5, 0.6) is 0 Å². The van der Waals surface area contributed by atoms with Gasteiger partial charge in [0, 0.05) is 6.54 Å². The number of rotatable bonds is 4. The number of anilines is 1. The van der Waals surface area contributed by atoms with Crippen molar-refractivity contribution in [3.63, 3.8) is 0 Å². The van der Waals surface area contributed by atoms with E-state index in [9.17, 15) is 20.1 Å². The number of aliphatic hydroxyl groups excluding tert-OH is 2. The number of nitrogens with one attached hydrogen (secondary N) is 1. The fourth-order valence-electron chi connectivity index (χ4n) is 4.64. The lowest BCUT2D eigenvalue weighted by molar-refractivity contribution is -0.137. The predicted octanol–water partition coefficient (Wildman–Crippen LogP) is 0.0926. The van der Waals surface area contributed by atoms with Crippen LogP contribution in [0.1, 0.15) is 58.5 Å². The summed E-state index contributed by atoms with van der Waals surface area (Å²) in [5, 5.41) is 34.3. The fourth-order valence-corrected chi connectivity index (χ4v) is 4.64. The number of imidazole rings is 1. The van der Waals surface area contributed by atoms with Crippen molar-refractivity contribution in [2.75, 3.05) is 12.3 Å². The second kappa shape index (κ2) is 9.46. The van der Waals surface area contributed by atoms with Crippen molar-refractivity contribution in [2.45, 2.75) is 76.6 Å². The van der Waals surface area contributed by atoms with E-state index in [2.05, 4.69) is 46.0 Å². The smallest absolute Gasteiger partial charge is 0.252 e. The number of hydrogen-bond acceptors (Lipinski definition) is 9. The Hall–Kier alpha value is -2.78. The van der Waals surface area contributed by atoms with Gasteiger partial charge in [0.25, 0.3) is 5.91 Å². The molecule has 2 aromatic heterocycles. The zero-order valence-corrected chi connectivity index (χ0v) is 19.6. The number of carbonyl (C=O) groups excluding carboxylic acids is 1. The van der Waals surface area contributed by atoms with Gasteiger partial charge in [-0.15, -0.1) is 0 Å². The van der Waals surface area contributed by atoms with Gasteiger partial charge in [-0.3, -0.25) is 9.36 Å². The molecule has 11 heteroatoms. The quantitative estimate of drug-likeness (QED) is 0.387. The lowest BCUT2D eigenvalue weighted by Crippen LogP contribution is -2.42. The average Bonchev–Trinajstić information content (AvgIpc) is 3.34. The Morgan fingerprint density at radius 2 is 2.03 bits per heavy atom. The molecule has 11 nitrogen and oxygen atoms in total. The number of carbonyl (C=O) groups is 1. The van der Waals surface area contributed by atoms with E-state index in [0.29, 0.717) is 31.2 Å². The van der Waals surface area contributed by atoms with Crippen LogP contribution in [0.15, 0.2) is 6.33 Å². The number of hydrogen-bond donors (Lipinski definition) is 5. The van der Waals surface area contributed by atoms with Gasteiger partial charge < -0.3 is 31.1 Å². The van der Waals surface area contributed by atoms with E-state index in [-0.39, 0.29) is 22.8 Å². The Labute approximate surface area is 197 Å². The number of aromatic nitrogens is 4. The third-order valence-electron chi connectivity index (χ3n) is 6.78. The summed E-state index contributed by atoms with van der Waals surface area (Å²) in [6.45, 7) is 6.48. The number of aliphatic hydroxyl groups is 3. The highest BCUT2D eigenvalue weighted by Gasteiger charge is 2.47. The minimum atomic E-state index is -1.43. The van der Waals surface area contributed by atoms with Crippen LogP contribution >= 0.6 is 0 Å². The zero-order valence-electron chi connectivity index (χ0n) is 19.6. The van der Waals surface area contributed by atoms with Crippen molar-refractivity contribution in [2.24, 2.45) is 11.8 Å². The predicted molar refractivity (Wildman–Crippen MR) is 123 cm³/mol. The van der Waals surface area contributed by atoms with Crippen LogP contribution in [0.25, 0.3) is 11.2 Å². The molecule has 6 N–H and O–H groups in total. The molecule has 1 saturated heterocycles. The Morgan fingerprint density at radius 1 is 1.32 bits per heavy atom. The molecule has 184 valence electrons. The van der Waals surface area contributed by atoms with Gasteiger partial charge in [0.1, 0.15) is 23.3 Å². The van der Waals surface area contributed by atoms with Crippen molar-refractivity contribution < 1.29 is 24.9 Å². The number of amides is 1. The molecular weight excluding hydrogens is 440 g/mol. The minimum Gasteiger partial charge on any atom is -0.387 e. The SMILES string of the molecule is CCNC(=O)[C@H]1O[C@@H](n2cnc3c(N)nc(C#CC4(O)CCC(C(C)C)CC4)nc32)[C@@H](O)C1O. The molecule has 2 fully saturated rings. The van der Waals surface area contributed by atoms with Crippen LogP contribution in [0.2, 0.25) is 0 Å². The van der Waals surface area contributed by atoms with E-state index >= 15 is 0 Å². The number of fused-ring (bicyclic) bond motifs is 1. The highest BCUT2D eigenvalue weighted by atomic mass is 16.6. The topological polar surface area (TPSA) is 169 Å². The molecule has 0 bridgehead atoms. The summed E-state index contributed by atoms with van der Waals surface area (Å²) in [7, 11) is 0. The van der Waals surface area contributed by atoms with Crippen molar-refractivity contribution in [3.05, 3.63) is 12.2 Å². The molecule has 2 aliphatic rings. The lowest BCUT2D eigenvalue weighted by Gasteiger charge is -2.34. The maximum absolute atomic E-state index is 12.2. The molecule has 4 rings (SSSR count). The Bertz CT molecular complexity index is 1110. The molecule has 0 aromatic carbocycles. The highest BCUT2D eigenvalue weighted by Crippen LogP contribution is 2.36. The molecule has 0 spiro atoms. The van der Waals surface area contributed by atoms with E-state index in [4.69, 9.17) is 10.5 Å². The standard InChI is InChI=1S/C23H32N6O5/c1-4-25-21(32)18-16(30)17(31)22(34-18)29-11-26-15-19(24)27-14(28-20(15)29)7-10-23(33)8-5-13(6-9-23)12(2)3/h11-13,16-18,22,30-31,33H,4-6,8-9H2,1-3H3,(H,25,32)(H2,24,27,28)/t13?,16?,17-,18-,22+,23?/m0/s1. The van der Waals surface area contributed by atoms with Crippen LogP contribution < -0.4 is 11.1 Å². The summed E-state index contributed by atoms with van der Waals surface area (Å²) in [6, 6.07) is 0. The van der Waals surface area contributed by atoms with Gasteiger partial charge in [-0.25, -0.2) is 15.0 Å². The van der Waals surface area contributed by atoms with Crippen molar-refractivity contribution in [1.29, 1.82) is 0 Å². The Morgan fingerprint density at radius 3 is 2.68 bits per heavy atom. The zero-order chi connectivity index (χ0) is 24.6. The lowest BCUT2D eigenvalue weighted by atomic mass is 9.75. The first-order chi connectivity index (χ1) is 16.1. The molecule has 1 aliphatic carbocycles. The van der Waals surface area contributed by atoms with Crippen LogP contribution in [0.4, 0.5) is 5.82 Å². The molecular formula is C23H32N6O5. The number of nitrogens with two attached hydrogens (primary N) is 1. The van der Waals surface area contributed by atoms with Crippen LogP contribution in [0.3, 0.4) is 0 Å². The first kappa shape index (κ1) is 24.3. The van der Waals surface area contributed by atoms with Crippen LogP contribution in [-0.4, -0.2) is 71.2 Å². The number of nitrogen functional groups attached to an aromatic ring is 1. The molecule has 1 unspecified atom stereocenters. The maximum Gasteiger partial charge on any atom is 0.252 e. The van der Waals surface area contributed by atoms with E-state index < -0.39 is 36.0 Å². The first-order valence-corrected chi connectivity index (χ1v) is 11.7. The van der Waals surface area contributed by atoms with Crippen molar-refractivity contribution in [3.8, 4) is 11.8 Å². The van der Waals surface area contributed by atoms with E-state index in [1.165, 1.54) is 10.9 Å². The van der Waals surface area contributed by atoms with Gasteiger partial charge in [-0.2, -0.15) is 0 Å². The minimum absolute atomic E-state index is 0.0804. The van der Waals surface area contributed by atoms with E-state index in [1.807, 2.05) is 0 Å². The van der Waals surface area contributed by atoms with Crippen LogP contribution in [-0.2, 0) is 9.53 Å². The average molecular weight is 473 g/mol. The molecule has 1 amide bonds. The molecule has 34 heavy (non-hydrogen) atoms. The second-order valence-electron chi connectivity index (χ2n) is 9.44. The number of nitrogens with zero attached hydrogens (tertiary/aromatic N) is 4. The Kier molecular flexibility index (Phi) is 6.78. The monoisotopic (exact) mass is 472 g/mol. The number of likely N-dealkylation sites (N-methyl/N-ethyl adjacent to an activating group) is 1. The highest BCUT2D eigenvalue weighted by molar-refractivity contribution is 5.83. The van der Waals surface area contributed by atoms with Gasteiger partial charge in [0.05, 0.1) is 6.33 Å². The van der Waals surface area contributed by atoms with Gasteiger partial charge in [-0.1, -0.05) is 19.8 Å². The molecule has 2 aromatic rings. The van der Waals surface area contributed by atoms with Gasteiger partial charge in [-0.05, 0) is 50.4 Å².